The van der Waals surface area contributed by atoms with E-state index in [4.69, 9.17) is 10.5 Å². The highest BCUT2D eigenvalue weighted by atomic mass is 79.9. The molecule has 0 unspecified atom stereocenters. The highest BCUT2D eigenvalue weighted by Gasteiger charge is 2.09. The van der Waals surface area contributed by atoms with E-state index in [9.17, 15) is 4.39 Å². The van der Waals surface area contributed by atoms with Crippen molar-refractivity contribution in [2.75, 3.05) is 6.54 Å². The summed E-state index contributed by atoms with van der Waals surface area (Å²) >= 11 is 3.20. The van der Waals surface area contributed by atoms with Gasteiger partial charge in [-0.05, 0) is 49.7 Å². The molecule has 0 aliphatic rings. The van der Waals surface area contributed by atoms with Crippen molar-refractivity contribution >= 4 is 15.9 Å². The fourth-order valence-electron chi connectivity index (χ4n) is 1.69. The zero-order chi connectivity index (χ0) is 13.8. The maximum absolute atomic E-state index is 13.7. The molecule has 2 rings (SSSR count). The summed E-state index contributed by atoms with van der Waals surface area (Å²) in [5.74, 6) is 0.133. The Hall–Kier alpha value is -1.46. The van der Waals surface area contributed by atoms with E-state index in [2.05, 4.69) is 20.9 Å². The van der Waals surface area contributed by atoms with Crippen LogP contribution >= 0.6 is 15.9 Å². The average molecular weight is 325 g/mol. The van der Waals surface area contributed by atoms with Crippen LogP contribution in [0.3, 0.4) is 0 Å². The molecular weight excluding hydrogens is 311 g/mol. The Bertz CT molecular complexity index is 590. The van der Waals surface area contributed by atoms with E-state index >= 15 is 0 Å². The molecule has 0 saturated heterocycles. The van der Waals surface area contributed by atoms with Gasteiger partial charge in [0.05, 0.1) is 0 Å². The average Bonchev–Trinajstić information content (AvgIpc) is 2.36. The van der Waals surface area contributed by atoms with Crippen LogP contribution in [-0.2, 0) is 6.42 Å². The maximum Gasteiger partial charge on any atom is 0.222 e. The zero-order valence-electron chi connectivity index (χ0n) is 10.5. The molecule has 1 heterocycles. The molecule has 3 nitrogen and oxygen atoms in total. The lowest BCUT2D eigenvalue weighted by atomic mass is 10.1. The Balaban J connectivity index is 2.23. The normalized spacial score (nSPS) is 10.5. The van der Waals surface area contributed by atoms with E-state index in [1.54, 1.807) is 18.3 Å². The number of hydrogen-bond donors (Lipinski definition) is 1. The van der Waals surface area contributed by atoms with Crippen LogP contribution in [0.2, 0.25) is 0 Å². The second kappa shape index (κ2) is 6.12. The van der Waals surface area contributed by atoms with Gasteiger partial charge in [0.2, 0.25) is 5.88 Å². The second-order valence-corrected chi connectivity index (χ2v) is 5.10. The minimum Gasteiger partial charge on any atom is -0.436 e. The third-order valence-electron chi connectivity index (χ3n) is 2.62. The lowest BCUT2D eigenvalue weighted by molar-refractivity contribution is 0.424. The van der Waals surface area contributed by atoms with Gasteiger partial charge in [-0.2, -0.15) is 0 Å². The number of rotatable bonds is 4. The van der Waals surface area contributed by atoms with Gasteiger partial charge in [0.25, 0.3) is 0 Å². The van der Waals surface area contributed by atoms with Gasteiger partial charge in [-0.15, -0.1) is 0 Å². The first-order chi connectivity index (χ1) is 9.10. The standard InChI is InChI=1S/C14H14BrFN2O/c1-9-6-10(4-5-17)8-18-14(9)19-13-3-2-11(15)7-12(13)16/h2-3,6-8H,4-5,17H2,1H3. The molecule has 19 heavy (non-hydrogen) atoms. The summed E-state index contributed by atoms with van der Waals surface area (Å²) in [5.41, 5.74) is 7.39. The molecular formula is C14H14BrFN2O. The number of aryl methyl sites for hydroxylation is 1. The Kier molecular flexibility index (Phi) is 4.50. The van der Waals surface area contributed by atoms with Gasteiger partial charge in [-0.1, -0.05) is 15.9 Å². The molecule has 0 amide bonds. The van der Waals surface area contributed by atoms with Crippen molar-refractivity contribution in [3.05, 3.63) is 51.9 Å². The predicted octanol–water partition coefficient (Wildman–Crippen LogP) is 3.59. The monoisotopic (exact) mass is 324 g/mol. The molecule has 0 fully saturated rings. The summed E-state index contributed by atoms with van der Waals surface area (Å²) in [5, 5.41) is 0. The number of hydrogen-bond acceptors (Lipinski definition) is 3. The summed E-state index contributed by atoms with van der Waals surface area (Å²) in [6.07, 6.45) is 2.46. The fraction of sp³-hybridized carbons (Fsp3) is 0.214. The zero-order valence-corrected chi connectivity index (χ0v) is 12.1. The molecule has 0 atom stereocenters. The van der Waals surface area contributed by atoms with Crippen molar-refractivity contribution < 1.29 is 9.13 Å². The SMILES string of the molecule is Cc1cc(CCN)cnc1Oc1ccc(Br)cc1F. The minimum atomic E-state index is -0.429. The maximum atomic E-state index is 13.7. The molecule has 5 heteroatoms. The highest BCUT2D eigenvalue weighted by Crippen LogP contribution is 2.27. The van der Waals surface area contributed by atoms with Gasteiger partial charge in [0, 0.05) is 16.2 Å². The predicted molar refractivity (Wildman–Crippen MR) is 75.9 cm³/mol. The number of nitrogens with zero attached hydrogens (tertiary/aromatic N) is 1. The van der Waals surface area contributed by atoms with Gasteiger partial charge in [0.15, 0.2) is 11.6 Å². The van der Waals surface area contributed by atoms with E-state index in [-0.39, 0.29) is 5.75 Å². The van der Waals surface area contributed by atoms with E-state index in [1.165, 1.54) is 6.07 Å². The van der Waals surface area contributed by atoms with Gasteiger partial charge in [-0.3, -0.25) is 0 Å². The van der Waals surface area contributed by atoms with Gasteiger partial charge >= 0.3 is 0 Å². The lowest BCUT2D eigenvalue weighted by Crippen LogP contribution is -2.04. The van der Waals surface area contributed by atoms with Crippen molar-refractivity contribution in [1.82, 2.24) is 4.98 Å². The molecule has 2 aromatic rings. The third-order valence-corrected chi connectivity index (χ3v) is 3.11. The van der Waals surface area contributed by atoms with E-state index < -0.39 is 5.82 Å². The Morgan fingerprint density at radius 2 is 2.16 bits per heavy atom. The Morgan fingerprint density at radius 3 is 2.79 bits per heavy atom. The summed E-state index contributed by atoms with van der Waals surface area (Å²) in [6.45, 7) is 2.45. The quantitative estimate of drug-likeness (QED) is 0.935. The number of benzene rings is 1. The van der Waals surface area contributed by atoms with Crippen molar-refractivity contribution in [1.29, 1.82) is 0 Å². The number of nitrogens with two attached hydrogens (primary N) is 1. The van der Waals surface area contributed by atoms with Crippen LogP contribution < -0.4 is 10.5 Å². The van der Waals surface area contributed by atoms with Crippen molar-refractivity contribution in [3.63, 3.8) is 0 Å². The van der Waals surface area contributed by atoms with Crippen molar-refractivity contribution in [2.45, 2.75) is 13.3 Å². The summed E-state index contributed by atoms with van der Waals surface area (Å²) in [4.78, 5) is 4.20. The fourth-order valence-corrected chi connectivity index (χ4v) is 2.03. The lowest BCUT2D eigenvalue weighted by Gasteiger charge is -2.09. The second-order valence-electron chi connectivity index (χ2n) is 4.18. The summed E-state index contributed by atoms with van der Waals surface area (Å²) < 4.78 is 19.8. The van der Waals surface area contributed by atoms with E-state index in [0.717, 1.165) is 17.5 Å². The minimum absolute atomic E-state index is 0.158. The molecule has 1 aromatic heterocycles. The smallest absolute Gasteiger partial charge is 0.222 e. The van der Waals surface area contributed by atoms with E-state index in [1.807, 2.05) is 13.0 Å². The number of ether oxygens (including phenoxy) is 1. The van der Waals surface area contributed by atoms with Crippen LogP contribution in [0, 0.1) is 12.7 Å². The molecule has 2 N–H and O–H groups in total. The van der Waals surface area contributed by atoms with Crippen LogP contribution in [0.15, 0.2) is 34.9 Å². The number of halogens is 2. The Morgan fingerprint density at radius 1 is 1.37 bits per heavy atom. The van der Waals surface area contributed by atoms with Gasteiger partial charge < -0.3 is 10.5 Å². The first-order valence-electron chi connectivity index (χ1n) is 5.88. The van der Waals surface area contributed by atoms with Crippen LogP contribution in [0.25, 0.3) is 0 Å². The molecule has 0 saturated carbocycles. The number of pyridine rings is 1. The van der Waals surface area contributed by atoms with Crippen LogP contribution in [0.4, 0.5) is 4.39 Å². The Labute approximate surface area is 119 Å². The van der Waals surface area contributed by atoms with Gasteiger partial charge in [-0.25, -0.2) is 9.37 Å². The number of aromatic nitrogens is 1. The molecule has 0 bridgehead atoms. The topological polar surface area (TPSA) is 48.1 Å². The van der Waals surface area contributed by atoms with Crippen LogP contribution in [-0.4, -0.2) is 11.5 Å². The van der Waals surface area contributed by atoms with Crippen LogP contribution in [0.1, 0.15) is 11.1 Å². The molecule has 1 aromatic carbocycles. The van der Waals surface area contributed by atoms with Gasteiger partial charge in [0.1, 0.15) is 0 Å². The van der Waals surface area contributed by atoms with Crippen LogP contribution in [0.5, 0.6) is 11.6 Å². The van der Waals surface area contributed by atoms with Crippen molar-refractivity contribution in [2.24, 2.45) is 5.73 Å². The first kappa shape index (κ1) is 14.0. The largest absolute Gasteiger partial charge is 0.436 e. The third kappa shape index (κ3) is 3.52. The summed E-state index contributed by atoms with van der Waals surface area (Å²) in [6, 6.07) is 6.59. The highest BCUT2D eigenvalue weighted by molar-refractivity contribution is 9.10. The summed E-state index contributed by atoms with van der Waals surface area (Å²) in [7, 11) is 0. The van der Waals surface area contributed by atoms with Crippen molar-refractivity contribution in [3.8, 4) is 11.6 Å². The molecule has 0 aliphatic carbocycles. The molecule has 100 valence electrons. The molecule has 0 aliphatic heterocycles. The molecule has 0 spiro atoms. The van der Waals surface area contributed by atoms with E-state index in [0.29, 0.717) is 16.9 Å². The first-order valence-corrected chi connectivity index (χ1v) is 6.68. The molecule has 0 radical (unpaired) electrons.